The van der Waals surface area contributed by atoms with Crippen LogP contribution in [-0.4, -0.2) is 48.3 Å². The minimum atomic E-state index is -1.30. The van der Waals surface area contributed by atoms with Crippen LogP contribution >= 0.6 is 0 Å². The molecule has 1 aromatic rings. The van der Waals surface area contributed by atoms with Crippen molar-refractivity contribution < 1.29 is 27.5 Å². The molecule has 28 heavy (non-hydrogen) atoms. The van der Waals surface area contributed by atoms with E-state index in [-0.39, 0.29) is 31.2 Å². The lowest BCUT2D eigenvalue weighted by molar-refractivity contribution is -0.132. The number of anilines is 1. The van der Waals surface area contributed by atoms with Gasteiger partial charge in [-0.25, -0.2) is 18.0 Å². The number of amides is 2. The molecule has 6 nitrogen and oxygen atoms in total. The van der Waals surface area contributed by atoms with Gasteiger partial charge in [0.05, 0.1) is 12.2 Å². The molecule has 0 radical (unpaired) electrons. The van der Waals surface area contributed by atoms with Crippen LogP contribution in [0.15, 0.2) is 12.1 Å². The molecule has 0 unspecified atom stereocenters. The van der Waals surface area contributed by atoms with Crippen molar-refractivity contribution in [3.05, 3.63) is 29.6 Å². The summed E-state index contributed by atoms with van der Waals surface area (Å²) >= 11 is 0. The molecule has 2 rings (SSSR count). The van der Waals surface area contributed by atoms with Crippen molar-refractivity contribution in [2.75, 3.05) is 24.5 Å². The van der Waals surface area contributed by atoms with E-state index < -0.39 is 35.3 Å². The number of alkyl carbamates (subject to hydrolysis) is 1. The highest BCUT2D eigenvalue weighted by molar-refractivity contribution is 5.77. The molecule has 1 saturated heterocycles. The summed E-state index contributed by atoms with van der Waals surface area (Å²) in [5, 5.41) is 2.60. The number of ether oxygens (including phenoxy) is 1. The van der Waals surface area contributed by atoms with Gasteiger partial charge in [0.1, 0.15) is 17.6 Å². The molecule has 1 aliphatic heterocycles. The second kappa shape index (κ2) is 8.70. The minimum absolute atomic E-state index is 0.0660. The topological polar surface area (TPSA) is 61.9 Å². The zero-order chi connectivity index (χ0) is 21.1. The van der Waals surface area contributed by atoms with Crippen LogP contribution in [0.4, 0.5) is 23.7 Å². The standard InChI is InChI=1S/C19H26F3N3O3/c1-5-6-17(26)24-7-8-25(15-10-13(21)12(20)9-14(15)22)16(11-24)23-18(27)28-19(2,3)4/h9-10,16H,5-8,11H2,1-4H3,(H,23,27)/t16-/m1/s1. The summed E-state index contributed by atoms with van der Waals surface area (Å²) < 4.78 is 46.5. The monoisotopic (exact) mass is 401 g/mol. The molecule has 1 atom stereocenters. The van der Waals surface area contributed by atoms with Crippen molar-refractivity contribution >= 4 is 17.7 Å². The summed E-state index contributed by atoms with van der Waals surface area (Å²) in [7, 11) is 0. The van der Waals surface area contributed by atoms with Crippen LogP contribution in [0.1, 0.15) is 40.5 Å². The number of piperazine rings is 1. The SMILES string of the molecule is CCCC(=O)N1CCN(c2cc(F)c(F)cc2F)[C@@H](NC(=O)OC(C)(C)C)C1. The van der Waals surface area contributed by atoms with E-state index in [4.69, 9.17) is 4.74 Å². The highest BCUT2D eigenvalue weighted by atomic mass is 19.2. The van der Waals surface area contributed by atoms with Gasteiger partial charge in [-0.15, -0.1) is 0 Å². The van der Waals surface area contributed by atoms with Crippen molar-refractivity contribution in [3.63, 3.8) is 0 Å². The maximum absolute atomic E-state index is 14.3. The predicted molar refractivity (Wildman–Crippen MR) is 98.3 cm³/mol. The molecule has 0 aliphatic carbocycles. The average Bonchev–Trinajstić information content (AvgIpc) is 2.57. The van der Waals surface area contributed by atoms with Gasteiger partial charge in [-0.3, -0.25) is 10.1 Å². The molecule has 156 valence electrons. The van der Waals surface area contributed by atoms with E-state index in [1.54, 1.807) is 25.7 Å². The molecule has 1 heterocycles. The van der Waals surface area contributed by atoms with Crippen LogP contribution in [0.25, 0.3) is 0 Å². The van der Waals surface area contributed by atoms with Crippen molar-refractivity contribution in [1.29, 1.82) is 0 Å². The van der Waals surface area contributed by atoms with Gasteiger partial charge in [0.25, 0.3) is 0 Å². The lowest BCUT2D eigenvalue weighted by atomic mass is 10.1. The summed E-state index contributed by atoms with van der Waals surface area (Å²) in [5.41, 5.74) is -0.948. The second-order valence-electron chi connectivity index (χ2n) is 7.66. The average molecular weight is 401 g/mol. The number of carbonyl (C=O) groups is 2. The third-order valence-corrected chi connectivity index (χ3v) is 4.18. The Kier molecular flexibility index (Phi) is 6.79. The van der Waals surface area contributed by atoms with Crippen LogP contribution in [0.5, 0.6) is 0 Å². The Morgan fingerprint density at radius 1 is 1.14 bits per heavy atom. The number of hydrogen-bond acceptors (Lipinski definition) is 4. The van der Waals surface area contributed by atoms with Crippen LogP contribution < -0.4 is 10.2 Å². The zero-order valence-electron chi connectivity index (χ0n) is 16.5. The van der Waals surface area contributed by atoms with Crippen LogP contribution in [-0.2, 0) is 9.53 Å². The van der Waals surface area contributed by atoms with Crippen LogP contribution in [0.3, 0.4) is 0 Å². The van der Waals surface area contributed by atoms with Gasteiger partial charge in [0, 0.05) is 31.6 Å². The Labute approximate surface area is 162 Å². The quantitative estimate of drug-likeness (QED) is 0.786. The number of hydrogen-bond donors (Lipinski definition) is 1. The molecule has 0 bridgehead atoms. The molecule has 1 aromatic carbocycles. The summed E-state index contributed by atoms with van der Waals surface area (Å²) in [6.07, 6.45) is -0.598. The lowest BCUT2D eigenvalue weighted by Crippen LogP contribution is -2.62. The fraction of sp³-hybridized carbons (Fsp3) is 0.579. The van der Waals surface area contributed by atoms with Crippen molar-refractivity contribution in [1.82, 2.24) is 10.2 Å². The number of rotatable bonds is 4. The molecule has 0 aromatic heterocycles. The van der Waals surface area contributed by atoms with Gasteiger partial charge in [-0.1, -0.05) is 6.92 Å². The number of nitrogens with one attached hydrogen (secondary N) is 1. The number of carbonyl (C=O) groups excluding carboxylic acids is 2. The number of nitrogens with zero attached hydrogens (tertiary/aromatic N) is 2. The fourth-order valence-electron chi connectivity index (χ4n) is 2.97. The van der Waals surface area contributed by atoms with E-state index in [0.717, 1.165) is 6.07 Å². The van der Waals surface area contributed by atoms with E-state index in [1.807, 2.05) is 6.92 Å². The summed E-state index contributed by atoms with van der Waals surface area (Å²) in [6.45, 7) is 7.42. The second-order valence-corrected chi connectivity index (χ2v) is 7.66. The Morgan fingerprint density at radius 3 is 2.39 bits per heavy atom. The normalized spacial score (nSPS) is 17.5. The van der Waals surface area contributed by atoms with Gasteiger partial charge < -0.3 is 14.5 Å². The Hall–Kier alpha value is -2.45. The number of benzene rings is 1. The van der Waals surface area contributed by atoms with E-state index in [9.17, 15) is 22.8 Å². The third kappa shape index (κ3) is 5.53. The van der Waals surface area contributed by atoms with E-state index in [2.05, 4.69) is 5.32 Å². The Balaban J connectivity index is 2.28. The molecular formula is C19H26F3N3O3. The first kappa shape index (κ1) is 21.8. The van der Waals surface area contributed by atoms with Crippen molar-refractivity contribution in [2.24, 2.45) is 0 Å². The van der Waals surface area contributed by atoms with Crippen LogP contribution in [0.2, 0.25) is 0 Å². The van der Waals surface area contributed by atoms with Gasteiger partial charge in [0.2, 0.25) is 5.91 Å². The van der Waals surface area contributed by atoms with Gasteiger partial charge in [0.15, 0.2) is 11.6 Å². The zero-order valence-corrected chi connectivity index (χ0v) is 16.5. The maximum Gasteiger partial charge on any atom is 0.409 e. The van der Waals surface area contributed by atoms with Crippen molar-refractivity contribution in [3.8, 4) is 0 Å². The summed E-state index contributed by atoms with van der Waals surface area (Å²) in [5.74, 6) is -3.54. The Bertz CT molecular complexity index is 737. The summed E-state index contributed by atoms with van der Waals surface area (Å²) in [4.78, 5) is 27.4. The van der Waals surface area contributed by atoms with E-state index >= 15 is 0 Å². The molecule has 1 aliphatic rings. The van der Waals surface area contributed by atoms with E-state index in [1.165, 1.54) is 4.90 Å². The van der Waals surface area contributed by atoms with Gasteiger partial charge in [-0.2, -0.15) is 0 Å². The predicted octanol–water partition coefficient (Wildman–Crippen LogP) is 3.40. The fourth-order valence-corrected chi connectivity index (χ4v) is 2.97. The largest absolute Gasteiger partial charge is 0.444 e. The summed E-state index contributed by atoms with van der Waals surface area (Å²) in [6, 6.07) is 1.21. The van der Waals surface area contributed by atoms with E-state index in [0.29, 0.717) is 18.9 Å². The first-order chi connectivity index (χ1) is 13.0. The van der Waals surface area contributed by atoms with Crippen molar-refractivity contribution in [2.45, 2.75) is 52.3 Å². The molecule has 2 amide bonds. The Morgan fingerprint density at radius 2 is 1.79 bits per heavy atom. The first-order valence-corrected chi connectivity index (χ1v) is 9.20. The maximum atomic E-state index is 14.3. The molecule has 1 fully saturated rings. The molecule has 0 saturated carbocycles. The number of halogens is 3. The van der Waals surface area contributed by atoms with Crippen LogP contribution in [0, 0.1) is 17.5 Å². The van der Waals surface area contributed by atoms with Gasteiger partial charge in [-0.05, 0) is 27.2 Å². The molecule has 0 spiro atoms. The highest BCUT2D eigenvalue weighted by Crippen LogP contribution is 2.26. The third-order valence-electron chi connectivity index (χ3n) is 4.18. The lowest BCUT2D eigenvalue weighted by Gasteiger charge is -2.43. The van der Waals surface area contributed by atoms with Gasteiger partial charge >= 0.3 is 6.09 Å². The molecule has 9 heteroatoms. The molecular weight excluding hydrogens is 375 g/mol. The first-order valence-electron chi connectivity index (χ1n) is 9.20. The molecule has 1 N–H and O–H groups in total. The highest BCUT2D eigenvalue weighted by Gasteiger charge is 2.33. The smallest absolute Gasteiger partial charge is 0.409 e. The minimum Gasteiger partial charge on any atom is -0.444 e.